The van der Waals surface area contributed by atoms with Gasteiger partial charge in [-0.05, 0) is 48.8 Å². The highest BCUT2D eigenvalue weighted by Crippen LogP contribution is 2.45. The van der Waals surface area contributed by atoms with E-state index in [0.29, 0.717) is 12.8 Å². The minimum atomic E-state index is -1.07. The second-order valence-electron chi connectivity index (χ2n) is 11.5. The largest absolute Gasteiger partial charge is 0.391 e. The Morgan fingerprint density at radius 2 is 2.00 bits per heavy atom. The molecule has 1 aliphatic heterocycles. The number of carbonyl (C=O) groups is 3. The summed E-state index contributed by atoms with van der Waals surface area (Å²) in [5, 5.41) is 25.5. The van der Waals surface area contributed by atoms with Crippen molar-refractivity contribution in [2.45, 2.75) is 78.6 Å². The summed E-state index contributed by atoms with van der Waals surface area (Å²) in [6.07, 6.45) is 0.215. The van der Waals surface area contributed by atoms with Crippen molar-refractivity contribution in [2.75, 3.05) is 6.54 Å². The zero-order valence-corrected chi connectivity index (χ0v) is 23.3. The van der Waals surface area contributed by atoms with Gasteiger partial charge >= 0.3 is 0 Å². The van der Waals surface area contributed by atoms with Crippen LogP contribution in [0.4, 0.5) is 0 Å². The van der Waals surface area contributed by atoms with Crippen LogP contribution >= 0.6 is 11.3 Å². The number of likely N-dealkylation sites (tertiary alicyclic amines) is 1. The third kappa shape index (κ3) is 5.59. The van der Waals surface area contributed by atoms with E-state index in [2.05, 4.69) is 27.8 Å². The monoisotopic (exact) mass is 537 g/mol. The molecule has 2 aliphatic rings. The van der Waals surface area contributed by atoms with Crippen molar-refractivity contribution in [1.82, 2.24) is 20.5 Å². The van der Waals surface area contributed by atoms with Crippen LogP contribution in [0.5, 0.6) is 0 Å². The van der Waals surface area contributed by atoms with Gasteiger partial charge in [-0.15, -0.1) is 11.3 Å². The summed E-state index contributed by atoms with van der Waals surface area (Å²) in [6, 6.07) is 6.32. The van der Waals surface area contributed by atoms with E-state index in [1.165, 1.54) is 4.90 Å². The van der Waals surface area contributed by atoms with Crippen LogP contribution in [0.1, 0.15) is 56.9 Å². The molecule has 1 saturated heterocycles. The van der Waals surface area contributed by atoms with Crippen LogP contribution in [0, 0.1) is 36.0 Å². The number of benzene rings is 1. The smallest absolute Gasteiger partial charge is 0.246 e. The van der Waals surface area contributed by atoms with Crippen molar-refractivity contribution in [2.24, 2.45) is 10.8 Å². The van der Waals surface area contributed by atoms with E-state index in [4.69, 9.17) is 0 Å². The summed E-state index contributed by atoms with van der Waals surface area (Å²) in [5.41, 5.74) is 4.11. The molecular formula is C28H35N5O4S. The van der Waals surface area contributed by atoms with Gasteiger partial charge < -0.3 is 20.6 Å². The zero-order valence-electron chi connectivity index (χ0n) is 22.5. The Morgan fingerprint density at radius 3 is 2.55 bits per heavy atom. The Hall–Kier alpha value is -3.29. The lowest BCUT2D eigenvalue weighted by Gasteiger charge is -2.35. The first kappa shape index (κ1) is 27.7. The van der Waals surface area contributed by atoms with Gasteiger partial charge in [0.15, 0.2) is 0 Å². The van der Waals surface area contributed by atoms with Crippen molar-refractivity contribution in [3.05, 3.63) is 40.5 Å². The van der Waals surface area contributed by atoms with E-state index in [9.17, 15) is 24.8 Å². The maximum atomic E-state index is 13.7. The molecule has 3 amide bonds. The molecule has 10 heteroatoms. The summed E-state index contributed by atoms with van der Waals surface area (Å²) in [7, 11) is 0. The van der Waals surface area contributed by atoms with Gasteiger partial charge in [0.1, 0.15) is 17.5 Å². The van der Waals surface area contributed by atoms with E-state index in [0.717, 1.165) is 27.3 Å². The van der Waals surface area contributed by atoms with Crippen molar-refractivity contribution >= 4 is 29.1 Å². The number of thiazole rings is 1. The topological polar surface area (TPSA) is 135 Å². The molecule has 0 bridgehead atoms. The first-order valence-corrected chi connectivity index (χ1v) is 13.7. The molecule has 3 N–H and O–H groups in total. The predicted molar refractivity (Wildman–Crippen MR) is 144 cm³/mol. The number of β-amino-alcohol motifs (C(OH)–C–C–N with tert-alkyl or cyclic N) is 1. The quantitative estimate of drug-likeness (QED) is 0.497. The van der Waals surface area contributed by atoms with Gasteiger partial charge in [0.05, 0.1) is 28.3 Å². The standard InChI is InChI=1S/C28H35N5O4S/c1-16-10-18(22-17(2)31-15-38-22)6-7-19(16)12-30-24(35)21-11-20(34)13-33(21)25(36)23(27(3,4)5)32-26(37)28(14-29)8-9-28/h6-7,10,15,20-21,23,34H,8-9,11-13H2,1-5H3,(H,30,35)(H,32,37). The molecule has 1 saturated carbocycles. The van der Waals surface area contributed by atoms with Crippen molar-refractivity contribution in [3.8, 4) is 16.5 Å². The van der Waals surface area contributed by atoms with E-state index < -0.39 is 40.8 Å². The second-order valence-corrected chi connectivity index (χ2v) is 12.3. The van der Waals surface area contributed by atoms with Gasteiger partial charge in [-0.25, -0.2) is 4.98 Å². The molecule has 1 aliphatic carbocycles. The van der Waals surface area contributed by atoms with Crippen molar-refractivity contribution < 1.29 is 19.5 Å². The van der Waals surface area contributed by atoms with Gasteiger partial charge in [-0.2, -0.15) is 5.26 Å². The SMILES string of the molecule is Cc1cc(-c2scnc2C)ccc1CNC(=O)C1CC(O)CN1C(=O)C(NC(=O)C1(C#N)CC1)C(C)(C)C. The Labute approximate surface area is 227 Å². The van der Waals surface area contributed by atoms with Crippen LogP contribution < -0.4 is 10.6 Å². The van der Waals surface area contributed by atoms with E-state index >= 15 is 0 Å². The molecule has 9 nitrogen and oxygen atoms in total. The van der Waals surface area contributed by atoms with Gasteiger partial charge in [-0.3, -0.25) is 14.4 Å². The maximum absolute atomic E-state index is 13.7. The highest BCUT2D eigenvalue weighted by Gasteiger charge is 2.53. The number of nitrogens with zero attached hydrogens (tertiary/aromatic N) is 3. The number of nitrogens with one attached hydrogen (secondary N) is 2. The van der Waals surface area contributed by atoms with Crippen LogP contribution in [-0.2, 0) is 20.9 Å². The lowest BCUT2D eigenvalue weighted by Crippen LogP contribution is -2.58. The molecule has 0 radical (unpaired) electrons. The number of hydrogen-bond donors (Lipinski definition) is 3. The van der Waals surface area contributed by atoms with Crippen LogP contribution in [0.2, 0.25) is 0 Å². The summed E-state index contributed by atoms with van der Waals surface area (Å²) in [5.74, 6) is -1.25. The highest BCUT2D eigenvalue weighted by molar-refractivity contribution is 7.13. The fourth-order valence-electron chi connectivity index (χ4n) is 4.82. The minimum absolute atomic E-state index is 0.00465. The van der Waals surface area contributed by atoms with E-state index in [1.54, 1.807) is 11.3 Å². The third-order valence-electron chi connectivity index (χ3n) is 7.46. The molecular weight excluding hydrogens is 502 g/mol. The number of hydrogen-bond acceptors (Lipinski definition) is 7. The highest BCUT2D eigenvalue weighted by atomic mass is 32.1. The predicted octanol–water partition coefficient (Wildman–Crippen LogP) is 2.84. The first-order valence-electron chi connectivity index (χ1n) is 12.8. The van der Waals surface area contributed by atoms with E-state index in [-0.39, 0.29) is 25.4 Å². The maximum Gasteiger partial charge on any atom is 0.246 e. The van der Waals surface area contributed by atoms with Crippen molar-refractivity contribution in [1.29, 1.82) is 5.26 Å². The fraction of sp³-hybridized carbons (Fsp3) is 0.536. The van der Waals surface area contributed by atoms with Gasteiger partial charge in [0.2, 0.25) is 17.7 Å². The lowest BCUT2D eigenvalue weighted by molar-refractivity contribution is -0.144. The number of nitriles is 1. The average Bonchev–Trinajstić information content (AvgIpc) is 3.40. The molecule has 0 spiro atoms. The number of aryl methyl sites for hydroxylation is 2. The van der Waals surface area contributed by atoms with Crippen LogP contribution in [0.15, 0.2) is 23.7 Å². The summed E-state index contributed by atoms with van der Waals surface area (Å²) in [4.78, 5) is 46.5. The molecule has 2 fully saturated rings. The molecule has 1 aromatic carbocycles. The number of aliphatic hydroxyl groups is 1. The molecule has 38 heavy (non-hydrogen) atoms. The van der Waals surface area contributed by atoms with Crippen LogP contribution in [-0.4, -0.2) is 57.4 Å². The molecule has 2 heterocycles. The van der Waals surface area contributed by atoms with Crippen LogP contribution in [0.25, 0.3) is 10.4 Å². The van der Waals surface area contributed by atoms with Gasteiger partial charge in [0.25, 0.3) is 0 Å². The fourth-order valence-corrected chi connectivity index (χ4v) is 5.62. The number of amides is 3. The average molecular weight is 538 g/mol. The normalized spacial score (nSPS) is 20.9. The first-order chi connectivity index (χ1) is 17.9. The molecule has 202 valence electrons. The Balaban J connectivity index is 1.45. The van der Waals surface area contributed by atoms with Gasteiger partial charge in [-0.1, -0.05) is 39.0 Å². The summed E-state index contributed by atoms with van der Waals surface area (Å²) in [6.45, 7) is 9.72. The molecule has 4 rings (SSSR count). The number of aliphatic hydroxyl groups excluding tert-OH is 1. The summed E-state index contributed by atoms with van der Waals surface area (Å²) < 4.78 is 0. The Bertz CT molecular complexity index is 1290. The zero-order chi connectivity index (χ0) is 27.8. The number of carbonyl (C=O) groups excluding carboxylic acids is 3. The number of rotatable bonds is 7. The Morgan fingerprint density at radius 1 is 1.29 bits per heavy atom. The molecule has 2 aromatic rings. The lowest BCUT2D eigenvalue weighted by atomic mass is 9.85. The molecule has 3 unspecified atom stereocenters. The van der Waals surface area contributed by atoms with Gasteiger partial charge in [0, 0.05) is 19.5 Å². The van der Waals surface area contributed by atoms with Crippen LogP contribution in [0.3, 0.4) is 0 Å². The molecule has 1 aromatic heterocycles. The Kier molecular flexibility index (Phi) is 7.64. The number of aromatic nitrogens is 1. The van der Waals surface area contributed by atoms with E-state index in [1.807, 2.05) is 52.3 Å². The minimum Gasteiger partial charge on any atom is -0.391 e. The third-order valence-corrected chi connectivity index (χ3v) is 8.43. The molecule has 3 atom stereocenters. The summed E-state index contributed by atoms with van der Waals surface area (Å²) >= 11 is 1.58. The van der Waals surface area contributed by atoms with Crippen molar-refractivity contribution in [3.63, 3.8) is 0 Å². The second kappa shape index (κ2) is 10.5.